The highest BCUT2D eigenvalue weighted by molar-refractivity contribution is 5.56. The lowest BCUT2D eigenvalue weighted by atomic mass is 10.1. The first-order chi connectivity index (χ1) is 5.31. The summed E-state index contributed by atoms with van der Waals surface area (Å²) in [6.45, 7) is 2.19. The summed E-state index contributed by atoms with van der Waals surface area (Å²) in [5.41, 5.74) is 5.42. The van der Waals surface area contributed by atoms with Crippen LogP contribution in [0, 0.1) is 0 Å². The van der Waals surface area contributed by atoms with E-state index < -0.39 is 0 Å². The minimum atomic E-state index is -0.225. The van der Waals surface area contributed by atoms with Gasteiger partial charge in [-0.15, -0.1) is 0 Å². The smallest absolute Gasteiger partial charge is 0.136 e. The summed E-state index contributed by atoms with van der Waals surface area (Å²) in [5, 5.41) is 0. The fourth-order valence-corrected chi connectivity index (χ4v) is 1.05. The maximum absolute atomic E-state index is 10.1. The van der Waals surface area contributed by atoms with E-state index in [4.69, 9.17) is 5.73 Å². The largest absolute Gasteiger partial charge is 0.322 e. The molecule has 0 saturated heterocycles. The van der Waals surface area contributed by atoms with Gasteiger partial charge in [0.25, 0.3) is 0 Å². The Labute approximate surface area is 69.2 Å². The first-order valence-electron chi connectivity index (χ1n) is 4.52. The number of hydrogen-bond donors (Lipinski definition) is 1. The van der Waals surface area contributed by atoms with Crippen molar-refractivity contribution in [2.45, 2.75) is 51.5 Å². The first kappa shape index (κ1) is 10.6. The van der Waals surface area contributed by atoms with E-state index >= 15 is 0 Å². The molecule has 0 spiro atoms. The van der Waals surface area contributed by atoms with Crippen molar-refractivity contribution in [1.82, 2.24) is 0 Å². The van der Waals surface area contributed by atoms with Crippen molar-refractivity contribution in [2.24, 2.45) is 5.73 Å². The van der Waals surface area contributed by atoms with E-state index in [2.05, 4.69) is 6.92 Å². The second-order valence-corrected chi connectivity index (χ2v) is 3.00. The zero-order chi connectivity index (χ0) is 8.53. The second kappa shape index (κ2) is 7.73. The van der Waals surface area contributed by atoms with Gasteiger partial charge in [-0.2, -0.15) is 0 Å². The molecule has 0 aromatic heterocycles. The molecule has 0 amide bonds. The molecule has 0 aliphatic heterocycles. The minimum Gasteiger partial charge on any atom is -0.322 e. The van der Waals surface area contributed by atoms with E-state index in [1.165, 1.54) is 25.7 Å². The fraction of sp³-hybridized carbons (Fsp3) is 0.889. The Hall–Kier alpha value is -0.370. The van der Waals surface area contributed by atoms with Crippen LogP contribution in [-0.2, 0) is 4.79 Å². The normalized spacial score (nSPS) is 12.9. The van der Waals surface area contributed by atoms with E-state index in [0.29, 0.717) is 0 Å². The SMILES string of the molecule is CCCCCCCC(N)C=O. The molecule has 1 unspecified atom stereocenters. The molecule has 2 N–H and O–H groups in total. The van der Waals surface area contributed by atoms with Crippen LogP contribution in [0.2, 0.25) is 0 Å². The summed E-state index contributed by atoms with van der Waals surface area (Å²) >= 11 is 0. The molecule has 0 aromatic carbocycles. The van der Waals surface area contributed by atoms with Crippen LogP contribution in [-0.4, -0.2) is 12.3 Å². The van der Waals surface area contributed by atoms with Crippen LogP contribution < -0.4 is 5.73 Å². The van der Waals surface area contributed by atoms with Crippen LogP contribution in [0.25, 0.3) is 0 Å². The predicted molar refractivity (Wildman–Crippen MR) is 47.4 cm³/mol. The van der Waals surface area contributed by atoms with Crippen LogP contribution >= 0.6 is 0 Å². The van der Waals surface area contributed by atoms with E-state index in [0.717, 1.165) is 19.1 Å². The Morgan fingerprint density at radius 2 is 1.91 bits per heavy atom. The minimum absolute atomic E-state index is 0.225. The van der Waals surface area contributed by atoms with Crippen LogP contribution in [0.15, 0.2) is 0 Å². The topological polar surface area (TPSA) is 43.1 Å². The molecule has 66 valence electrons. The average molecular weight is 157 g/mol. The van der Waals surface area contributed by atoms with Gasteiger partial charge in [-0.1, -0.05) is 39.0 Å². The highest BCUT2D eigenvalue weighted by Crippen LogP contribution is 2.05. The molecule has 0 aromatic rings. The van der Waals surface area contributed by atoms with Crippen LogP contribution in [0.1, 0.15) is 45.4 Å². The standard InChI is InChI=1S/C9H19NO/c1-2-3-4-5-6-7-9(10)8-11/h8-9H,2-7,10H2,1H3. The lowest BCUT2D eigenvalue weighted by Gasteiger charge is -2.02. The van der Waals surface area contributed by atoms with Crippen LogP contribution in [0.4, 0.5) is 0 Å². The van der Waals surface area contributed by atoms with Gasteiger partial charge in [0.1, 0.15) is 6.29 Å². The third-order valence-corrected chi connectivity index (χ3v) is 1.82. The zero-order valence-electron chi connectivity index (χ0n) is 7.38. The second-order valence-electron chi connectivity index (χ2n) is 3.00. The number of hydrogen-bond acceptors (Lipinski definition) is 2. The maximum Gasteiger partial charge on any atom is 0.136 e. The Kier molecular flexibility index (Phi) is 7.47. The van der Waals surface area contributed by atoms with Crippen molar-refractivity contribution in [2.75, 3.05) is 0 Å². The fourth-order valence-electron chi connectivity index (χ4n) is 1.05. The molecule has 2 heteroatoms. The lowest BCUT2D eigenvalue weighted by Crippen LogP contribution is -2.20. The molecule has 0 aliphatic carbocycles. The van der Waals surface area contributed by atoms with Crippen molar-refractivity contribution < 1.29 is 4.79 Å². The van der Waals surface area contributed by atoms with Crippen molar-refractivity contribution in [3.8, 4) is 0 Å². The molecular weight excluding hydrogens is 138 g/mol. The average Bonchev–Trinajstić information content (AvgIpc) is 2.04. The van der Waals surface area contributed by atoms with Gasteiger partial charge in [0.05, 0.1) is 6.04 Å². The Morgan fingerprint density at radius 1 is 1.27 bits per heavy atom. The molecule has 0 aliphatic rings. The molecule has 0 rings (SSSR count). The highest BCUT2D eigenvalue weighted by atomic mass is 16.1. The summed E-state index contributed by atoms with van der Waals surface area (Å²) in [6, 6.07) is -0.225. The number of carbonyl (C=O) groups excluding carboxylic acids is 1. The molecule has 0 bridgehead atoms. The molecular formula is C9H19NO. The molecule has 0 saturated carbocycles. The Balaban J connectivity index is 2.95. The highest BCUT2D eigenvalue weighted by Gasteiger charge is 1.97. The van der Waals surface area contributed by atoms with Crippen molar-refractivity contribution in [1.29, 1.82) is 0 Å². The van der Waals surface area contributed by atoms with Gasteiger partial charge in [-0.05, 0) is 6.42 Å². The molecule has 0 heterocycles. The molecule has 1 atom stereocenters. The summed E-state index contributed by atoms with van der Waals surface area (Å²) in [5.74, 6) is 0. The number of rotatable bonds is 7. The number of unbranched alkanes of at least 4 members (excludes halogenated alkanes) is 4. The summed E-state index contributed by atoms with van der Waals surface area (Å²) in [6.07, 6.45) is 7.85. The Bertz CT molecular complexity index is 93.6. The van der Waals surface area contributed by atoms with Gasteiger partial charge >= 0.3 is 0 Å². The summed E-state index contributed by atoms with van der Waals surface area (Å²) in [7, 11) is 0. The summed E-state index contributed by atoms with van der Waals surface area (Å²) in [4.78, 5) is 10.1. The van der Waals surface area contributed by atoms with Gasteiger partial charge in [-0.3, -0.25) is 0 Å². The predicted octanol–water partition coefficient (Wildman–Crippen LogP) is 1.87. The van der Waals surface area contributed by atoms with Gasteiger partial charge in [0.2, 0.25) is 0 Å². The van der Waals surface area contributed by atoms with E-state index in [9.17, 15) is 4.79 Å². The van der Waals surface area contributed by atoms with E-state index in [-0.39, 0.29) is 6.04 Å². The first-order valence-corrected chi connectivity index (χ1v) is 4.52. The van der Waals surface area contributed by atoms with Gasteiger partial charge < -0.3 is 10.5 Å². The van der Waals surface area contributed by atoms with Crippen molar-refractivity contribution >= 4 is 6.29 Å². The van der Waals surface area contributed by atoms with Crippen molar-refractivity contribution in [3.05, 3.63) is 0 Å². The molecule has 0 radical (unpaired) electrons. The number of carbonyl (C=O) groups is 1. The molecule has 0 fully saturated rings. The van der Waals surface area contributed by atoms with Gasteiger partial charge in [-0.25, -0.2) is 0 Å². The van der Waals surface area contributed by atoms with Crippen LogP contribution in [0.3, 0.4) is 0 Å². The zero-order valence-corrected chi connectivity index (χ0v) is 7.38. The number of nitrogens with two attached hydrogens (primary N) is 1. The number of aldehydes is 1. The monoisotopic (exact) mass is 157 g/mol. The van der Waals surface area contributed by atoms with Gasteiger partial charge in [0.15, 0.2) is 0 Å². The summed E-state index contributed by atoms with van der Waals surface area (Å²) < 4.78 is 0. The van der Waals surface area contributed by atoms with E-state index in [1.807, 2.05) is 0 Å². The van der Waals surface area contributed by atoms with Gasteiger partial charge in [0, 0.05) is 0 Å². The molecule has 11 heavy (non-hydrogen) atoms. The third kappa shape index (κ3) is 7.53. The quantitative estimate of drug-likeness (QED) is 0.453. The third-order valence-electron chi connectivity index (χ3n) is 1.82. The van der Waals surface area contributed by atoms with E-state index in [1.54, 1.807) is 0 Å². The lowest BCUT2D eigenvalue weighted by molar-refractivity contribution is -0.109. The van der Waals surface area contributed by atoms with Crippen LogP contribution in [0.5, 0.6) is 0 Å². The van der Waals surface area contributed by atoms with Crippen molar-refractivity contribution in [3.63, 3.8) is 0 Å². The maximum atomic E-state index is 10.1. The Morgan fingerprint density at radius 3 is 2.45 bits per heavy atom. The molecule has 2 nitrogen and oxygen atoms in total.